The fourth-order valence-electron chi connectivity index (χ4n) is 2.30. The molecule has 0 heterocycles. The number of hydrogen-bond acceptors (Lipinski definition) is 3. The fraction of sp³-hybridized carbons (Fsp3) is 0.158. The summed E-state index contributed by atoms with van der Waals surface area (Å²) < 4.78 is 51.8. The van der Waals surface area contributed by atoms with Gasteiger partial charge in [0.2, 0.25) is 0 Å². The quantitative estimate of drug-likeness (QED) is 0.743. The second kappa shape index (κ2) is 8.03. The lowest BCUT2D eigenvalue weighted by atomic mass is 10.1. The van der Waals surface area contributed by atoms with E-state index in [9.17, 15) is 27.2 Å². The number of alkyl halides is 3. The molecule has 0 atom stereocenters. The number of anilines is 1. The standard InChI is InChI=1S/C19H15F4NO3/c1-12(25)11-24(16-4-2-3-14(9-16)18(26)27)8-7-13-5-6-15(10-17(13)20)19(21,22)23/h2-10H,11H2,1H3,(H,26,27). The van der Waals surface area contributed by atoms with E-state index in [-0.39, 0.29) is 23.5 Å². The molecule has 0 aliphatic rings. The molecule has 0 aromatic heterocycles. The van der Waals surface area contributed by atoms with Crippen molar-refractivity contribution in [1.29, 1.82) is 0 Å². The number of hydrogen-bond donors (Lipinski definition) is 1. The van der Waals surface area contributed by atoms with E-state index < -0.39 is 23.5 Å². The van der Waals surface area contributed by atoms with Gasteiger partial charge >= 0.3 is 12.1 Å². The number of carbonyl (C=O) groups is 2. The Bertz CT molecular complexity index is 891. The topological polar surface area (TPSA) is 57.6 Å². The Labute approximate surface area is 152 Å². The van der Waals surface area contributed by atoms with E-state index in [4.69, 9.17) is 5.11 Å². The second-order valence-corrected chi connectivity index (χ2v) is 5.74. The highest BCUT2D eigenvalue weighted by Gasteiger charge is 2.31. The lowest BCUT2D eigenvalue weighted by molar-refractivity contribution is -0.137. The lowest BCUT2D eigenvalue weighted by Crippen LogP contribution is -2.23. The van der Waals surface area contributed by atoms with Crippen LogP contribution in [-0.4, -0.2) is 23.4 Å². The molecule has 0 unspecified atom stereocenters. The van der Waals surface area contributed by atoms with Gasteiger partial charge in [-0.05, 0) is 43.3 Å². The molecule has 142 valence electrons. The molecule has 0 spiro atoms. The Balaban J connectivity index is 2.35. The van der Waals surface area contributed by atoms with Gasteiger partial charge in [-0.15, -0.1) is 0 Å². The van der Waals surface area contributed by atoms with Crippen LogP contribution in [-0.2, 0) is 11.0 Å². The van der Waals surface area contributed by atoms with Crippen LogP contribution in [0.2, 0.25) is 0 Å². The normalized spacial score (nSPS) is 11.6. The number of Topliss-reactive ketones (excluding diaryl/α,β-unsaturated/α-hetero) is 1. The summed E-state index contributed by atoms with van der Waals surface area (Å²) in [6.07, 6.45) is -2.12. The zero-order valence-electron chi connectivity index (χ0n) is 14.1. The van der Waals surface area contributed by atoms with Gasteiger partial charge in [-0.1, -0.05) is 12.1 Å². The number of aromatic carboxylic acids is 1. The van der Waals surface area contributed by atoms with Crippen molar-refractivity contribution < 1.29 is 32.3 Å². The van der Waals surface area contributed by atoms with Gasteiger partial charge in [-0.25, -0.2) is 9.18 Å². The Morgan fingerprint density at radius 3 is 2.41 bits per heavy atom. The number of halogens is 4. The summed E-state index contributed by atoms with van der Waals surface area (Å²) in [6, 6.07) is 7.87. The first kappa shape index (κ1) is 20.2. The van der Waals surface area contributed by atoms with Crippen molar-refractivity contribution in [1.82, 2.24) is 0 Å². The third-order valence-corrected chi connectivity index (χ3v) is 3.58. The Hall–Kier alpha value is -3.16. The summed E-state index contributed by atoms with van der Waals surface area (Å²) in [4.78, 5) is 24.0. The summed E-state index contributed by atoms with van der Waals surface area (Å²) in [5, 5.41) is 9.06. The Kier molecular flexibility index (Phi) is 5.99. The van der Waals surface area contributed by atoms with Crippen LogP contribution in [0, 0.1) is 5.82 Å². The molecule has 8 heteroatoms. The number of carboxylic acid groups (broad SMARTS) is 1. The number of nitrogens with zero attached hydrogens (tertiary/aromatic N) is 1. The molecule has 1 N–H and O–H groups in total. The van der Waals surface area contributed by atoms with Crippen molar-refractivity contribution in [2.24, 2.45) is 0 Å². The minimum Gasteiger partial charge on any atom is -0.478 e. The summed E-state index contributed by atoms with van der Waals surface area (Å²) in [7, 11) is 0. The molecule has 2 rings (SSSR count). The molecule has 4 nitrogen and oxygen atoms in total. The first-order valence-electron chi connectivity index (χ1n) is 7.72. The number of carboxylic acids is 1. The first-order chi connectivity index (χ1) is 12.6. The minimum atomic E-state index is -4.65. The molecule has 2 aromatic rings. The molecular formula is C19H15F4NO3. The zero-order chi connectivity index (χ0) is 20.2. The van der Waals surface area contributed by atoms with Crippen LogP contribution >= 0.6 is 0 Å². The van der Waals surface area contributed by atoms with Crippen LogP contribution in [0.5, 0.6) is 0 Å². The largest absolute Gasteiger partial charge is 0.478 e. The van der Waals surface area contributed by atoms with E-state index in [0.717, 1.165) is 12.1 Å². The highest BCUT2D eigenvalue weighted by Crippen LogP contribution is 2.30. The van der Waals surface area contributed by atoms with Crippen molar-refractivity contribution in [2.45, 2.75) is 13.1 Å². The maximum Gasteiger partial charge on any atom is 0.416 e. The number of rotatable bonds is 6. The van der Waals surface area contributed by atoms with Gasteiger partial charge in [0, 0.05) is 17.5 Å². The molecule has 0 saturated carbocycles. The van der Waals surface area contributed by atoms with Gasteiger partial charge < -0.3 is 10.0 Å². The van der Waals surface area contributed by atoms with E-state index in [0.29, 0.717) is 11.8 Å². The maximum absolute atomic E-state index is 14.0. The van der Waals surface area contributed by atoms with E-state index in [1.165, 1.54) is 42.3 Å². The van der Waals surface area contributed by atoms with E-state index in [1.54, 1.807) is 6.07 Å². The summed E-state index contributed by atoms with van der Waals surface area (Å²) in [5.41, 5.74) is -0.846. The van der Waals surface area contributed by atoms with Crippen LogP contribution in [0.1, 0.15) is 28.4 Å². The highest BCUT2D eigenvalue weighted by atomic mass is 19.4. The third-order valence-electron chi connectivity index (χ3n) is 3.58. The second-order valence-electron chi connectivity index (χ2n) is 5.74. The SMILES string of the molecule is CC(=O)CN(C=Cc1ccc(C(F)(F)F)cc1F)c1cccc(C(=O)O)c1. The molecule has 27 heavy (non-hydrogen) atoms. The maximum atomic E-state index is 14.0. The fourth-order valence-corrected chi connectivity index (χ4v) is 2.30. The van der Waals surface area contributed by atoms with Gasteiger partial charge in [0.1, 0.15) is 11.6 Å². The van der Waals surface area contributed by atoms with Gasteiger partial charge in [0.05, 0.1) is 17.7 Å². The molecule has 0 aliphatic carbocycles. The first-order valence-corrected chi connectivity index (χ1v) is 7.72. The summed E-state index contributed by atoms with van der Waals surface area (Å²) >= 11 is 0. The smallest absolute Gasteiger partial charge is 0.416 e. The van der Waals surface area contributed by atoms with Crippen LogP contribution in [0.3, 0.4) is 0 Å². The van der Waals surface area contributed by atoms with Crippen LogP contribution in [0.4, 0.5) is 23.2 Å². The molecular weight excluding hydrogens is 366 g/mol. The van der Waals surface area contributed by atoms with Crippen LogP contribution < -0.4 is 4.90 Å². The van der Waals surface area contributed by atoms with Crippen LogP contribution in [0.25, 0.3) is 6.08 Å². The average Bonchev–Trinajstić information content (AvgIpc) is 2.58. The predicted octanol–water partition coefficient (Wildman–Crippen LogP) is 4.61. The lowest BCUT2D eigenvalue weighted by Gasteiger charge is -2.19. The summed E-state index contributed by atoms with van der Waals surface area (Å²) in [6.45, 7) is 1.20. The molecule has 2 aromatic carbocycles. The van der Waals surface area contributed by atoms with Crippen molar-refractivity contribution in [3.63, 3.8) is 0 Å². The highest BCUT2D eigenvalue weighted by molar-refractivity contribution is 5.89. The van der Waals surface area contributed by atoms with Gasteiger partial charge in [-0.3, -0.25) is 4.79 Å². The number of benzene rings is 2. The third kappa shape index (κ3) is 5.40. The molecule has 0 radical (unpaired) electrons. The van der Waals surface area contributed by atoms with E-state index in [2.05, 4.69) is 0 Å². The molecule has 0 fully saturated rings. The average molecular weight is 381 g/mol. The van der Waals surface area contributed by atoms with E-state index >= 15 is 0 Å². The molecule has 0 saturated heterocycles. The summed E-state index contributed by atoms with van der Waals surface area (Å²) in [5.74, 6) is -2.46. The molecule has 0 bridgehead atoms. The van der Waals surface area contributed by atoms with Gasteiger partial charge in [-0.2, -0.15) is 13.2 Å². The molecule has 0 aliphatic heterocycles. The van der Waals surface area contributed by atoms with Crippen molar-refractivity contribution in [2.75, 3.05) is 11.4 Å². The van der Waals surface area contributed by atoms with Crippen molar-refractivity contribution in [3.8, 4) is 0 Å². The van der Waals surface area contributed by atoms with Crippen molar-refractivity contribution in [3.05, 3.63) is 71.2 Å². The van der Waals surface area contributed by atoms with E-state index in [1.807, 2.05) is 0 Å². The molecule has 0 amide bonds. The minimum absolute atomic E-state index is 0.00448. The van der Waals surface area contributed by atoms with Gasteiger partial charge in [0.25, 0.3) is 0 Å². The van der Waals surface area contributed by atoms with Gasteiger partial charge in [0.15, 0.2) is 0 Å². The Morgan fingerprint density at radius 1 is 1.15 bits per heavy atom. The number of ketones is 1. The van der Waals surface area contributed by atoms with Crippen LogP contribution in [0.15, 0.2) is 48.7 Å². The Morgan fingerprint density at radius 2 is 1.85 bits per heavy atom. The predicted molar refractivity (Wildman–Crippen MR) is 91.9 cm³/mol. The monoisotopic (exact) mass is 381 g/mol. The number of carbonyl (C=O) groups excluding carboxylic acids is 1. The van der Waals surface area contributed by atoms with Crippen molar-refractivity contribution >= 4 is 23.5 Å². The zero-order valence-corrected chi connectivity index (χ0v) is 14.1.